The second-order valence-electron chi connectivity index (χ2n) is 5.23. The van der Waals surface area contributed by atoms with Crippen LogP contribution in [0.4, 0.5) is 4.39 Å². The zero-order valence-corrected chi connectivity index (χ0v) is 13.4. The summed E-state index contributed by atoms with van der Waals surface area (Å²) in [6.07, 6.45) is 0. The summed E-state index contributed by atoms with van der Waals surface area (Å²) in [6.45, 7) is 3.25. The Labute approximate surface area is 132 Å². The monoisotopic (exact) mass is 316 g/mol. The van der Waals surface area contributed by atoms with Crippen molar-refractivity contribution in [2.24, 2.45) is 0 Å². The molecule has 3 nitrogen and oxygen atoms in total. The van der Waals surface area contributed by atoms with E-state index in [4.69, 9.17) is 0 Å². The van der Waals surface area contributed by atoms with E-state index in [1.54, 1.807) is 35.4 Å². The number of hydrogen-bond acceptors (Lipinski definition) is 2. The molecule has 0 saturated carbocycles. The van der Waals surface area contributed by atoms with E-state index in [1.165, 1.54) is 12.1 Å². The van der Waals surface area contributed by atoms with Crippen LogP contribution in [-0.4, -0.2) is 22.4 Å². The molecule has 0 unspecified atom stereocenters. The molecule has 0 aliphatic rings. The first-order valence-electron chi connectivity index (χ1n) is 7.16. The first kappa shape index (κ1) is 14.8. The highest BCUT2D eigenvalue weighted by Crippen LogP contribution is 2.26. The number of benzene rings is 1. The molecule has 1 aromatic carbocycles. The van der Waals surface area contributed by atoms with Gasteiger partial charge in [-0.2, -0.15) is 0 Å². The number of fused-ring (bicyclic) bond motifs is 1. The summed E-state index contributed by atoms with van der Waals surface area (Å²) in [7, 11) is 1.77. The van der Waals surface area contributed by atoms with Gasteiger partial charge in [-0.15, -0.1) is 11.3 Å². The average molecular weight is 316 g/mol. The van der Waals surface area contributed by atoms with Crippen molar-refractivity contribution in [3.8, 4) is 0 Å². The molecule has 114 valence electrons. The molecule has 0 saturated heterocycles. The maximum atomic E-state index is 12.9. The van der Waals surface area contributed by atoms with Gasteiger partial charge in [0.05, 0.1) is 10.2 Å². The van der Waals surface area contributed by atoms with Crippen LogP contribution in [0.25, 0.3) is 10.2 Å². The number of amides is 1. The summed E-state index contributed by atoms with van der Waals surface area (Å²) in [6, 6.07) is 10.2. The Morgan fingerprint density at radius 1 is 1.27 bits per heavy atom. The SMILES string of the molecule is CCn1c(C(=O)N(C)Cc2ccc(F)cc2)cc2sccc21. The quantitative estimate of drug-likeness (QED) is 0.710. The minimum atomic E-state index is -0.266. The van der Waals surface area contributed by atoms with Gasteiger partial charge in [-0.25, -0.2) is 4.39 Å². The normalized spacial score (nSPS) is 11.0. The van der Waals surface area contributed by atoms with Gasteiger partial charge in [-0.05, 0) is 42.1 Å². The molecule has 2 aromatic heterocycles. The van der Waals surface area contributed by atoms with Crippen LogP contribution < -0.4 is 0 Å². The second kappa shape index (κ2) is 5.93. The standard InChI is InChI=1S/C17H17FN2OS/c1-3-20-14-8-9-22-16(14)10-15(20)17(21)19(2)11-12-4-6-13(18)7-5-12/h4-10H,3,11H2,1-2H3. The molecule has 3 aromatic rings. The first-order chi connectivity index (χ1) is 10.6. The van der Waals surface area contributed by atoms with Crippen molar-refractivity contribution in [2.75, 3.05) is 7.05 Å². The molecule has 5 heteroatoms. The number of hydrogen-bond donors (Lipinski definition) is 0. The van der Waals surface area contributed by atoms with Crippen LogP contribution in [0, 0.1) is 5.82 Å². The number of rotatable bonds is 4. The number of halogens is 1. The Morgan fingerprint density at radius 3 is 2.68 bits per heavy atom. The van der Waals surface area contributed by atoms with Crippen molar-refractivity contribution in [2.45, 2.75) is 20.0 Å². The van der Waals surface area contributed by atoms with E-state index in [0.29, 0.717) is 12.2 Å². The average Bonchev–Trinajstić information content (AvgIpc) is 3.09. The van der Waals surface area contributed by atoms with E-state index in [9.17, 15) is 9.18 Å². The Morgan fingerprint density at radius 2 is 2.00 bits per heavy atom. The number of carbonyl (C=O) groups is 1. The van der Waals surface area contributed by atoms with Gasteiger partial charge in [0.2, 0.25) is 0 Å². The lowest BCUT2D eigenvalue weighted by atomic mass is 10.2. The van der Waals surface area contributed by atoms with Crippen LogP contribution in [0.3, 0.4) is 0 Å². The summed E-state index contributed by atoms with van der Waals surface area (Å²) >= 11 is 1.64. The van der Waals surface area contributed by atoms with Crippen molar-refractivity contribution >= 4 is 27.5 Å². The predicted octanol–water partition coefficient (Wildman–Crippen LogP) is 4.13. The van der Waals surface area contributed by atoms with Crippen LogP contribution in [-0.2, 0) is 13.1 Å². The van der Waals surface area contributed by atoms with Gasteiger partial charge in [-0.1, -0.05) is 12.1 Å². The molecule has 3 rings (SSSR count). The summed E-state index contributed by atoms with van der Waals surface area (Å²) < 4.78 is 16.1. The van der Waals surface area contributed by atoms with Crippen LogP contribution >= 0.6 is 11.3 Å². The molecule has 0 fully saturated rings. The van der Waals surface area contributed by atoms with Crippen molar-refractivity contribution in [3.63, 3.8) is 0 Å². The molecule has 2 heterocycles. The Bertz CT molecular complexity index is 804. The van der Waals surface area contributed by atoms with Crippen molar-refractivity contribution < 1.29 is 9.18 Å². The molecule has 0 aliphatic heterocycles. The third-order valence-electron chi connectivity index (χ3n) is 3.74. The van der Waals surface area contributed by atoms with E-state index < -0.39 is 0 Å². The Kier molecular flexibility index (Phi) is 3.98. The molecule has 22 heavy (non-hydrogen) atoms. The molecule has 1 amide bonds. The van der Waals surface area contributed by atoms with Gasteiger partial charge in [-0.3, -0.25) is 4.79 Å². The summed E-state index contributed by atoms with van der Waals surface area (Å²) in [5, 5.41) is 2.04. The summed E-state index contributed by atoms with van der Waals surface area (Å²) in [4.78, 5) is 14.4. The van der Waals surface area contributed by atoms with Crippen LogP contribution in [0.15, 0.2) is 41.8 Å². The minimum absolute atomic E-state index is 0.0189. The lowest BCUT2D eigenvalue weighted by Crippen LogP contribution is -2.28. The number of carbonyl (C=O) groups excluding carboxylic acids is 1. The smallest absolute Gasteiger partial charge is 0.270 e. The third-order valence-corrected chi connectivity index (χ3v) is 4.59. The van der Waals surface area contributed by atoms with E-state index in [-0.39, 0.29) is 11.7 Å². The highest BCUT2D eigenvalue weighted by Gasteiger charge is 2.19. The fourth-order valence-electron chi connectivity index (χ4n) is 2.63. The topological polar surface area (TPSA) is 25.2 Å². The zero-order valence-electron chi connectivity index (χ0n) is 12.5. The highest BCUT2D eigenvalue weighted by molar-refractivity contribution is 7.17. The van der Waals surface area contributed by atoms with Gasteiger partial charge < -0.3 is 9.47 Å². The highest BCUT2D eigenvalue weighted by atomic mass is 32.1. The minimum Gasteiger partial charge on any atom is -0.336 e. The van der Waals surface area contributed by atoms with E-state index in [0.717, 1.165) is 22.3 Å². The number of nitrogens with zero attached hydrogens (tertiary/aromatic N) is 2. The van der Waals surface area contributed by atoms with E-state index >= 15 is 0 Å². The van der Waals surface area contributed by atoms with Crippen molar-refractivity contribution in [1.82, 2.24) is 9.47 Å². The Balaban J connectivity index is 1.85. The molecule has 0 bridgehead atoms. The number of aromatic nitrogens is 1. The Hall–Kier alpha value is -2.14. The largest absolute Gasteiger partial charge is 0.336 e. The number of thiophene rings is 1. The molecule has 0 atom stereocenters. The fraction of sp³-hybridized carbons (Fsp3) is 0.235. The van der Waals surface area contributed by atoms with Crippen LogP contribution in [0.1, 0.15) is 23.0 Å². The first-order valence-corrected chi connectivity index (χ1v) is 8.04. The molecule has 0 spiro atoms. The summed E-state index contributed by atoms with van der Waals surface area (Å²) in [5.74, 6) is -0.285. The van der Waals surface area contributed by atoms with E-state index in [1.807, 2.05) is 29.0 Å². The lowest BCUT2D eigenvalue weighted by molar-refractivity contribution is 0.0775. The van der Waals surface area contributed by atoms with Gasteiger partial charge in [0.25, 0.3) is 5.91 Å². The van der Waals surface area contributed by atoms with E-state index in [2.05, 4.69) is 0 Å². The van der Waals surface area contributed by atoms with Crippen molar-refractivity contribution in [3.05, 3.63) is 58.9 Å². The molecule has 0 aliphatic carbocycles. The van der Waals surface area contributed by atoms with Crippen LogP contribution in [0.5, 0.6) is 0 Å². The van der Waals surface area contributed by atoms with Crippen molar-refractivity contribution in [1.29, 1.82) is 0 Å². The lowest BCUT2D eigenvalue weighted by Gasteiger charge is -2.18. The zero-order chi connectivity index (χ0) is 15.7. The number of aryl methyl sites for hydroxylation is 1. The molecule has 0 radical (unpaired) electrons. The summed E-state index contributed by atoms with van der Waals surface area (Å²) in [5.41, 5.74) is 2.72. The second-order valence-corrected chi connectivity index (χ2v) is 6.18. The predicted molar refractivity (Wildman–Crippen MR) is 87.7 cm³/mol. The molecule has 0 N–H and O–H groups in total. The molecular formula is C17H17FN2OS. The maximum absolute atomic E-state index is 12.9. The third kappa shape index (κ3) is 2.64. The fourth-order valence-corrected chi connectivity index (χ4v) is 3.45. The molecular weight excluding hydrogens is 299 g/mol. The van der Waals surface area contributed by atoms with Gasteiger partial charge in [0.1, 0.15) is 11.5 Å². The van der Waals surface area contributed by atoms with Gasteiger partial charge >= 0.3 is 0 Å². The van der Waals surface area contributed by atoms with Gasteiger partial charge in [0, 0.05) is 20.1 Å². The van der Waals surface area contributed by atoms with Gasteiger partial charge in [0.15, 0.2) is 0 Å². The maximum Gasteiger partial charge on any atom is 0.270 e. The van der Waals surface area contributed by atoms with Crippen LogP contribution in [0.2, 0.25) is 0 Å².